The van der Waals surface area contributed by atoms with E-state index in [4.69, 9.17) is 5.73 Å². The monoisotopic (exact) mass is 296 g/mol. The van der Waals surface area contributed by atoms with Gasteiger partial charge < -0.3 is 5.73 Å². The number of hydrogen-bond donors (Lipinski definition) is 1. The highest BCUT2D eigenvalue weighted by molar-refractivity contribution is 9.10. The molecule has 1 aromatic rings. The molecule has 0 saturated carbocycles. The van der Waals surface area contributed by atoms with Crippen molar-refractivity contribution >= 4 is 33.2 Å². The fourth-order valence-electron chi connectivity index (χ4n) is 1.56. The van der Waals surface area contributed by atoms with Gasteiger partial charge in [-0.3, -0.25) is 10.1 Å². The first-order valence-electron chi connectivity index (χ1n) is 4.91. The number of hydrogen-bond acceptors (Lipinski definition) is 5. The summed E-state index contributed by atoms with van der Waals surface area (Å²) in [5.41, 5.74) is 6.61. The van der Waals surface area contributed by atoms with Gasteiger partial charge in [0.05, 0.1) is 16.2 Å². The highest BCUT2D eigenvalue weighted by Crippen LogP contribution is 2.26. The fourth-order valence-corrected chi connectivity index (χ4v) is 1.91. The van der Waals surface area contributed by atoms with E-state index in [9.17, 15) is 10.1 Å². The SMILES string of the molecule is NC1=NN=C(c2ccc(Br)cc2[N+](=O)[O-])CC1. The van der Waals surface area contributed by atoms with E-state index < -0.39 is 4.92 Å². The molecule has 2 rings (SSSR count). The third-order valence-corrected chi connectivity index (χ3v) is 2.88. The lowest BCUT2D eigenvalue weighted by Gasteiger charge is -2.09. The molecule has 0 aliphatic carbocycles. The van der Waals surface area contributed by atoms with E-state index in [1.165, 1.54) is 6.07 Å². The summed E-state index contributed by atoms with van der Waals surface area (Å²) in [6.45, 7) is 0. The lowest BCUT2D eigenvalue weighted by Crippen LogP contribution is -2.18. The maximum atomic E-state index is 11.0. The van der Waals surface area contributed by atoms with Crippen LogP contribution in [0.4, 0.5) is 5.69 Å². The van der Waals surface area contributed by atoms with Crippen molar-refractivity contribution in [3.05, 3.63) is 38.3 Å². The summed E-state index contributed by atoms with van der Waals surface area (Å²) in [4.78, 5) is 10.5. The smallest absolute Gasteiger partial charge is 0.279 e. The normalized spacial score (nSPS) is 15.1. The minimum Gasteiger partial charge on any atom is -0.386 e. The number of rotatable bonds is 2. The summed E-state index contributed by atoms with van der Waals surface area (Å²) in [5.74, 6) is 0.452. The zero-order chi connectivity index (χ0) is 12.4. The van der Waals surface area contributed by atoms with Crippen LogP contribution in [0.3, 0.4) is 0 Å². The minimum absolute atomic E-state index is 0.0220. The lowest BCUT2D eigenvalue weighted by molar-refractivity contribution is -0.385. The standard InChI is InChI=1S/C10H9BrN4O2/c11-6-1-2-7(9(5-6)15(16)17)8-3-4-10(12)14-13-8/h1-2,5H,3-4H2,(H2,12,14). The van der Waals surface area contributed by atoms with Crippen molar-refractivity contribution in [2.75, 3.05) is 0 Å². The van der Waals surface area contributed by atoms with Crippen LogP contribution in [0, 0.1) is 10.1 Å². The first-order valence-corrected chi connectivity index (χ1v) is 5.70. The number of amidine groups is 1. The van der Waals surface area contributed by atoms with Crippen molar-refractivity contribution in [2.45, 2.75) is 12.8 Å². The zero-order valence-corrected chi connectivity index (χ0v) is 10.3. The van der Waals surface area contributed by atoms with Gasteiger partial charge in [-0.1, -0.05) is 15.9 Å². The average Bonchev–Trinajstić information content (AvgIpc) is 2.30. The van der Waals surface area contributed by atoms with Crippen LogP contribution in [0.2, 0.25) is 0 Å². The molecule has 0 saturated heterocycles. The molecule has 1 aliphatic rings. The molecule has 17 heavy (non-hydrogen) atoms. The minimum atomic E-state index is -0.426. The Morgan fingerprint density at radius 3 is 2.71 bits per heavy atom. The van der Waals surface area contributed by atoms with Gasteiger partial charge in [0.1, 0.15) is 5.84 Å². The zero-order valence-electron chi connectivity index (χ0n) is 8.76. The third-order valence-electron chi connectivity index (χ3n) is 2.38. The number of nitro benzene ring substituents is 1. The van der Waals surface area contributed by atoms with E-state index in [0.717, 1.165) is 0 Å². The van der Waals surface area contributed by atoms with Crippen molar-refractivity contribution < 1.29 is 4.92 Å². The molecule has 0 aromatic heterocycles. The van der Waals surface area contributed by atoms with Gasteiger partial charge in [-0.25, -0.2) is 0 Å². The van der Waals surface area contributed by atoms with E-state index in [0.29, 0.717) is 34.4 Å². The topological polar surface area (TPSA) is 93.9 Å². The molecule has 1 heterocycles. The molecule has 0 atom stereocenters. The third kappa shape index (κ3) is 2.50. The Bertz CT molecular complexity index is 539. The van der Waals surface area contributed by atoms with Crippen molar-refractivity contribution in [3.8, 4) is 0 Å². The molecule has 0 unspecified atom stereocenters. The van der Waals surface area contributed by atoms with Gasteiger partial charge in [-0.2, -0.15) is 5.10 Å². The Labute approximate surface area is 106 Å². The van der Waals surface area contributed by atoms with Gasteiger partial charge in [-0.05, 0) is 18.6 Å². The molecule has 0 radical (unpaired) electrons. The summed E-state index contributed by atoms with van der Waals surface area (Å²) in [6.07, 6.45) is 1.14. The van der Waals surface area contributed by atoms with E-state index in [1.807, 2.05) is 0 Å². The van der Waals surface area contributed by atoms with Gasteiger partial charge >= 0.3 is 0 Å². The average molecular weight is 297 g/mol. The largest absolute Gasteiger partial charge is 0.386 e. The number of halogens is 1. The summed E-state index contributed by atoms with van der Waals surface area (Å²) in [5, 5.41) is 18.6. The molecule has 2 N–H and O–H groups in total. The van der Waals surface area contributed by atoms with Gasteiger partial charge in [0.25, 0.3) is 5.69 Å². The molecule has 88 valence electrons. The van der Waals surface area contributed by atoms with E-state index in [2.05, 4.69) is 26.1 Å². The molecule has 1 aliphatic heterocycles. The first-order chi connectivity index (χ1) is 8.08. The van der Waals surface area contributed by atoms with E-state index >= 15 is 0 Å². The number of nitro groups is 1. The number of nitrogens with two attached hydrogens (primary N) is 1. The van der Waals surface area contributed by atoms with Crippen molar-refractivity contribution in [1.82, 2.24) is 0 Å². The predicted molar refractivity (Wildman–Crippen MR) is 68.2 cm³/mol. The van der Waals surface area contributed by atoms with Gasteiger partial charge in [0.2, 0.25) is 0 Å². The van der Waals surface area contributed by atoms with E-state index in [-0.39, 0.29) is 5.69 Å². The van der Waals surface area contributed by atoms with Crippen molar-refractivity contribution in [3.63, 3.8) is 0 Å². The molecular formula is C10H9BrN4O2. The highest BCUT2D eigenvalue weighted by atomic mass is 79.9. The number of nitrogens with zero attached hydrogens (tertiary/aromatic N) is 3. The highest BCUT2D eigenvalue weighted by Gasteiger charge is 2.20. The molecule has 0 bridgehead atoms. The lowest BCUT2D eigenvalue weighted by atomic mass is 10.0. The van der Waals surface area contributed by atoms with Crippen LogP contribution in [-0.2, 0) is 0 Å². The van der Waals surface area contributed by atoms with Crippen LogP contribution in [0.25, 0.3) is 0 Å². The summed E-state index contributed by atoms with van der Waals surface area (Å²) in [6, 6.07) is 4.87. The second-order valence-corrected chi connectivity index (χ2v) is 4.47. The molecule has 0 amide bonds. The second kappa shape index (κ2) is 4.62. The van der Waals surface area contributed by atoms with Gasteiger partial charge in [-0.15, -0.1) is 5.10 Å². The molecular weight excluding hydrogens is 288 g/mol. The first kappa shape index (κ1) is 11.7. The molecule has 1 aromatic carbocycles. The summed E-state index contributed by atoms with van der Waals surface area (Å²) < 4.78 is 0.660. The summed E-state index contributed by atoms with van der Waals surface area (Å²) >= 11 is 3.21. The van der Waals surface area contributed by atoms with Gasteiger partial charge in [0, 0.05) is 17.0 Å². The van der Waals surface area contributed by atoms with Crippen LogP contribution in [0.15, 0.2) is 32.9 Å². The maximum absolute atomic E-state index is 11.0. The molecule has 0 spiro atoms. The fraction of sp³-hybridized carbons (Fsp3) is 0.200. The second-order valence-electron chi connectivity index (χ2n) is 3.56. The van der Waals surface area contributed by atoms with Crippen molar-refractivity contribution in [1.29, 1.82) is 0 Å². The van der Waals surface area contributed by atoms with Crippen LogP contribution in [0.5, 0.6) is 0 Å². The Balaban J connectivity index is 2.49. The van der Waals surface area contributed by atoms with E-state index in [1.54, 1.807) is 12.1 Å². The van der Waals surface area contributed by atoms with Gasteiger partial charge in [0.15, 0.2) is 0 Å². The summed E-state index contributed by atoms with van der Waals surface area (Å²) in [7, 11) is 0. The molecule has 7 heteroatoms. The maximum Gasteiger partial charge on any atom is 0.279 e. The quantitative estimate of drug-likeness (QED) is 0.669. The predicted octanol–water partition coefficient (Wildman–Crippen LogP) is 2.21. The molecule has 0 fully saturated rings. The van der Waals surface area contributed by atoms with Crippen LogP contribution in [0.1, 0.15) is 18.4 Å². The number of benzene rings is 1. The van der Waals surface area contributed by atoms with Crippen LogP contribution in [-0.4, -0.2) is 16.5 Å². The van der Waals surface area contributed by atoms with Crippen molar-refractivity contribution in [2.24, 2.45) is 15.9 Å². The Morgan fingerprint density at radius 2 is 2.12 bits per heavy atom. The van der Waals surface area contributed by atoms with Crippen LogP contribution < -0.4 is 5.73 Å². The Hall–Kier alpha value is -1.76. The van der Waals surface area contributed by atoms with Crippen LogP contribution >= 0.6 is 15.9 Å². The molecule has 6 nitrogen and oxygen atoms in total. The Kier molecular flexibility index (Phi) is 3.19. The Morgan fingerprint density at radius 1 is 1.35 bits per heavy atom.